The molecular formula is C18H22N6. The van der Waals surface area contributed by atoms with Gasteiger partial charge in [-0.25, -0.2) is 9.97 Å². The van der Waals surface area contributed by atoms with E-state index in [4.69, 9.17) is 0 Å². The molecule has 0 aliphatic carbocycles. The predicted octanol–water partition coefficient (Wildman–Crippen LogP) is 2.90. The molecule has 6 nitrogen and oxygen atoms in total. The number of benzene rings is 1. The van der Waals surface area contributed by atoms with Crippen LogP contribution in [0, 0.1) is 0 Å². The molecule has 6 heteroatoms. The Morgan fingerprint density at radius 2 is 2.04 bits per heavy atom. The van der Waals surface area contributed by atoms with Gasteiger partial charge in [0.25, 0.3) is 0 Å². The number of aromatic nitrogens is 5. The molecule has 3 heterocycles. The maximum atomic E-state index is 4.22. The summed E-state index contributed by atoms with van der Waals surface area (Å²) in [4.78, 5) is 10.9. The van der Waals surface area contributed by atoms with Crippen molar-refractivity contribution in [2.45, 2.75) is 31.8 Å². The highest BCUT2D eigenvalue weighted by Crippen LogP contribution is 2.31. The number of aromatic amines is 1. The van der Waals surface area contributed by atoms with Crippen molar-refractivity contribution >= 4 is 0 Å². The van der Waals surface area contributed by atoms with Crippen LogP contribution in [0.1, 0.15) is 30.9 Å². The molecule has 0 amide bonds. The second kappa shape index (κ2) is 6.97. The lowest BCUT2D eigenvalue weighted by molar-refractivity contribution is 0.143. The van der Waals surface area contributed by atoms with Gasteiger partial charge in [-0.15, -0.1) is 0 Å². The number of nitrogens with zero attached hydrogens (tertiary/aromatic N) is 5. The van der Waals surface area contributed by atoms with Crippen molar-refractivity contribution in [3.63, 3.8) is 0 Å². The van der Waals surface area contributed by atoms with E-state index in [0.29, 0.717) is 6.04 Å². The molecule has 1 aromatic carbocycles. The lowest BCUT2D eigenvalue weighted by Gasteiger charge is -2.36. The Hall–Kier alpha value is -2.47. The maximum absolute atomic E-state index is 4.22. The van der Waals surface area contributed by atoms with Crippen LogP contribution in [-0.4, -0.2) is 42.7 Å². The molecule has 0 saturated carbocycles. The van der Waals surface area contributed by atoms with Crippen LogP contribution in [0.4, 0.5) is 0 Å². The van der Waals surface area contributed by atoms with Crippen LogP contribution in [0.2, 0.25) is 0 Å². The zero-order valence-electron chi connectivity index (χ0n) is 13.7. The summed E-state index contributed by atoms with van der Waals surface area (Å²) >= 11 is 0. The van der Waals surface area contributed by atoms with E-state index < -0.39 is 0 Å². The van der Waals surface area contributed by atoms with E-state index in [0.717, 1.165) is 24.5 Å². The van der Waals surface area contributed by atoms with Crippen molar-refractivity contribution in [3.8, 4) is 11.4 Å². The van der Waals surface area contributed by atoms with Crippen LogP contribution in [0.3, 0.4) is 0 Å². The Morgan fingerprint density at radius 3 is 2.79 bits per heavy atom. The van der Waals surface area contributed by atoms with Crippen molar-refractivity contribution < 1.29 is 0 Å². The Balaban J connectivity index is 1.47. The standard InChI is InChI=1S/C18H22N6/c1-2-9-24(12-11-23-10-8-19-14-23)17(3-1)15-4-6-16(7-5-15)18-20-13-21-22-18/h4-8,10,13-14,17H,1-3,9,11-12H2,(H,20,21,22). The van der Waals surface area contributed by atoms with Gasteiger partial charge < -0.3 is 4.57 Å². The van der Waals surface area contributed by atoms with Crippen LogP contribution in [0.5, 0.6) is 0 Å². The van der Waals surface area contributed by atoms with Crippen molar-refractivity contribution in [2.24, 2.45) is 0 Å². The second-order valence-electron chi connectivity index (χ2n) is 6.30. The fraction of sp³-hybridized carbons (Fsp3) is 0.389. The maximum Gasteiger partial charge on any atom is 0.155 e. The van der Waals surface area contributed by atoms with E-state index in [1.54, 1.807) is 6.33 Å². The van der Waals surface area contributed by atoms with Gasteiger partial charge in [0.1, 0.15) is 6.33 Å². The number of nitrogens with one attached hydrogen (secondary N) is 1. The van der Waals surface area contributed by atoms with Gasteiger partial charge in [-0.05, 0) is 24.9 Å². The Labute approximate surface area is 141 Å². The Bertz CT molecular complexity index is 732. The molecular weight excluding hydrogens is 300 g/mol. The first kappa shape index (κ1) is 15.1. The van der Waals surface area contributed by atoms with Gasteiger partial charge in [0, 0.05) is 37.1 Å². The topological polar surface area (TPSA) is 62.6 Å². The molecule has 1 fully saturated rings. The molecule has 1 atom stereocenters. The molecule has 0 bridgehead atoms. The quantitative estimate of drug-likeness (QED) is 0.784. The Kier molecular flexibility index (Phi) is 4.38. The van der Waals surface area contributed by atoms with E-state index in [-0.39, 0.29) is 0 Å². The van der Waals surface area contributed by atoms with Gasteiger partial charge in [0.15, 0.2) is 5.82 Å². The number of imidazole rings is 1. The van der Waals surface area contributed by atoms with Gasteiger partial charge in [-0.3, -0.25) is 10.00 Å². The molecule has 1 N–H and O–H groups in total. The summed E-state index contributed by atoms with van der Waals surface area (Å²) < 4.78 is 2.15. The molecule has 2 aromatic heterocycles. The predicted molar refractivity (Wildman–Crippen MR) is 92.2 cm³/mol. The minimum absolute atomic E-state index is 0.506. The lowest BCUT2D eigenvalue weighted by atomic mass is 9.94. The summed E-state index contributed by atoms with van der Waals surface area (Å²) in [6, 6.07) is 9.25. The van der Waals surface area contributed by atoms with Crippen molar-refractivity contribution in [1.82, 2.24) is 29.6 Å². The van der Waals surface area contributed by atoms with Crippen LogP contribution >= 0.6 is 0 Å². The van der Waals surface area contributed by atoms with Gasteiger partial charge in [0.2, 0.25) is 0 Å². The molecule has 1 aliphatic heterocycles. The summed E-state index contributed by atoms with van der Waals surface area (Å²) in [5.41, 5.74) is 2.47. The third kappa shape index (κ3) is 3.23. The van der Waals surface area contributed by atoms with Crippen molar-refractivity contribution in [2.75, 3.05) is 13.1 Å². The first-order chi connectivity index (χ1) is 11.9. The number of hydrogen-bond acceptors (Lipinski definition) is 4. The molecule has 124 valence electrons. The fourth-order valence-corrected chi connectivity index (χ4v) is 3.51. The molecule has 0 spiro atoms. The summed E-state index contributed by atoms with van der Waals surface area (Å²) in [7, 11) is 0. The van der Waals surface area contributed by atoms with E-state index >= 15 is 0 Å². The molecule has 4 rings (SSSR count). The molecule has 0 radical (unpaired) electrons. The van der Waals surface area contributed by atoms with Crippen molar-refractivity contribution in [3.05, 3.63) is 54.9 Å². The number of rotatable bonds is 5. The van der Waals surface area contributed by atoms with Gasteiger partial charge in [0.05, 0.1) is 6.33 Å². The summed E-state index contributed by atoms with van der Waals surface area (Å²) in [6.45, 7) is 3.22. The zero-order chi connectivity index (χ0) is 16.2. The fourth-order valence-electron chi connectivity index (χ4n) is 3.51. The van der Waals surface area contributed by atoms with E-state index in [9.17, 15) is 0 Å². The normalized spacial score (nSPS) is 18.8. The third-order valence-electron chi connectivity index (χ3n) is 4.80. The highest BCUT2D eigenvalue weighted by atomic mass is 15.2. The number of likely N-dealkylation sites (tertiary alicyclic amines) is 1. The summed E-state index contributed by atoms with van der Waals surface area (Å²) in [5.74, 6) is 0.821. The van der Waals surface area contributed by atoms with Crippen LogP contribution < -0.4 is 0 Å². The number of piperidine rings is 1. The average molecular weight is 322 g/mol. The average Bonchev–Trinajstić information content (AvgIpc) is 3.34. The lowest BCUT2D eigenvalue weighted by Crippen LogP contribution is -2.35. The number of hydrogen-bond donors (Lipinski definition) is 1. The van der Waals surface area contributed by atoms with E-state index in [2.05, 4.69) is 53.9 Å². The molecule has 3 aromatic rings. The largest absolute Gasteiger partial charge is 0.336 e. The SMILES string of the molecule is c1cn(CCN2CCCCC2c2ccc(-c3ncn[nH]3)cc2)cn1. The van der Waals surface area contributed by atoms with Gasteiger partial charge in [-0.1, -0.05) is 30.7 Å². The summed E-state index contributed by atoms with van der Waals surface area (Å²) in [5, 5.41) is 6.84. The smallest absolute Gasteiger partial charge is 0.155 e. The minimum Gasteiger partial charge on any atom is -0.336 e. The monoisotopic (exact) mass is 322 g/mol. The van der Waals surface area contributed by atoms with Gasteiger partial charge >= 0.3 is 0 Å². The molecule has 1 saturated heterocycles. The molecule has 24 heavy (non-hydrogen) atoms. The Morgan fingerprint density at radius 1 is 1.12 bits per heavy atom. The summed E-state index contributed by atoms with van der Waals surface area (Å²) in [6.07, 6.45) is 11.1. The van der Waals surface area contributed by atoms with Crippen LogP contribution in [-0.2, 0) is 6.54 Å². The minimum atomic E-state index is 0.506. The van der Waals surface area contributed by atoms with Gasteiger partial charge in [-0.2, -0.15) is 5.10 Å². The second-order valence-corrected chi connectivity index (χ2v) is 6.30. The van der Waals surface area contributed by atoms with E-state index in [1.807, 2.05) is 18.7 Å². The van der Waals surface area contributed by atoms with Crippen LogP contribution in [0.25, 0.3) is 11.4 Å². The third-order valence-corrected chi connectivity index (χ3v) is 4.80. The molecule has 1 aliphatic rings. The van der Waals surface area contributed by atoms with E-state index in [1.165, 1.54) is 31.4 Å². The zero-order valence-corrected chi connectivity index (χ0v) is 13.7. The highest BCUT2D eigenvalue weighted by molar-refractivity contribution is 5.54. The van der Waals surface area contributed by atoms with Crippen molar-refractivity contribution in [1.29, 1.82) is 0 Å². The first-order valence-corrected chi connectivity index (χ1v) is 8.55. The first-order valence-electron chi connectivity index (χ1n) is 8.55. The molecule has 1 unspecified atom stereocenters. The highest BCUT2D eigenvalue weighted by Gasteiger charge is 2.23. The van der Waals surface area contributed by atoms with Crippen LogP contribution in [0.15, 0.2) is 49.3 Å². The number of H-pyrrole nitrogens is 1.